The van der Waals surface area contributed by atoms with Gasteiger partial charge in [0, 0.05) is 0 Å². The third kappa shape index (κ3) is 2.00. The van der Waals surface area contributed by atoms with Crippen molar-refractivity contribution in [3.63, 3.8) is 0 Å². The first-order valence-corrected chi connectivity index (χ1v) is 11.1. The van der Waals surface area contributed by atoms with Gasteiger partial charge in [0.2, 0.25) is 10.8 Å². The fourth-order valence-electron chi connectivity index (χ4n) is 6.16. The van der Waals surface area contributed by atoms with Crippen molar-refractivity contribution < 1.29 is 4.74 Å². The van der Waals surface area contributed by atoms with Gasteiger partial charge < -0.3 is 4.74 Å². The quantitative estimate of drug-likeness (QED) is 0.406. The molecule has 2 aliphatic heterocycles. The summed E-state index contributed by atoms with van der Waals surface area (Å²) in [7, 11) is 0. The van der Waals surface area contributed by atoms with Gasteiger partial charge in [-0.3, -0.25) is 0 Å². The molecule has 162 valence electrons. The Kier molecular flexibility index (Phi) is 4.01. The Hall–Kier alpha value is -4.94. The number of nitrogens with zero attached hydrogens (tertiary/aromatic N) is 4. The SMILES string of the molecule is N#CC1(C#N)C(C#N)(C#N)[C@]2(c3ccccc3)O[C@]1(c1ccccc1)c1cc3ccccc3cc12. The molecule has 0 aliphatic carbocycles. The Morgan fingerprint density at radius 3 is 1.17 bits per heavy atom. The van der Waals surface area contributed by atoms with Crippen LogP contribution in [0.25, 0.3) is 10.8 Å². The third-order valence-corrected chi connectivity index (χ3v) is 7.60. The van der Waals surface area contributed by atoms with Crippen molar-refractivity contribution in [2.45, 2.75) is 11.2 Å². The number of ether oxygens (including phenoxy) is 1. The van der Waals surface area contributed by atoms with Crippen LogP contribution in [0.2, 0.25) is 0 Å². The first-order valence-electron chi connectivity index (χ1n) is 11.1. The molecule has 0 saturated carbocycles. The van der Waals surface area contributed by atoms with Crippen molar-refractivity contribution in [1.29, 1.82) is 21.0 Å². The van der Waals surface area contributed by atoms with Crippen LogP contribution in [-0.2, 0) is 15.9 Å². The summed E-state index contributed by atoms with van der Waals surface area (Å²) in [6.07, 6.45) is 0. The molecule has 4 aromatic rings. The zero-order chi connectivity index (χ0) is 24.3. The predicted molar refractivity (Wildman–Crippen MR) is 127 cm³/mol. The second kappa shape index (κ2) is 6.79. The minimum absolute atomic E-state index is 0.546. The van der Waals surface area contributed by atoms with Gasteiger partial charge in [-0.25, -0.2) is 0 Å². The number of rotatable bonds is 2. The van der Waals surface area contributed by atoms with Crippen LogP contribution in [0.15, 0.2) is 97.1 Å². The van der Waals surface area contributed by atoms with Crippen molar-refractivity contribution in [2.75, 3.05) is 0 Å². The molecule has 35 heavy (non-hydrogen) atoms. The van der Waals surface area contributed by atoms with E-state index in [4.69, 9.17) is 4.74 Å². The molecule has 1 saturated heterocycles. The van der Waals surface area contributed by atoms with E-state index in [0.717, 1.165) is 10.8 Å². The van der Waals surface area contributed by atoms with Gasteiger partial charge in [0.15, 0.2) is 11.2 Å². The van der Waals surface area contributed by atoms with Gasteiger partial charge in [-0.15, -0.1) is 0 Å². The lowest BCUT2D eigenvalue weighted by Gasteiger charge is -2.44. The summed E-state index contributed by atoms with van der Waals surface area (Å²) >= 11 is 0. The third-order valence-electron chi connectivity index (χ3n) is 7.60. The van der Waals surface area contributed by atoms with Gasteiger partial charge in [0.1, 0.15) is 0 Å². The molecule has 2 atom stereocenters. The largest absolute Gasteiger partial charge is 0.344 e. The van der Waals surface area contributed by atoms with Crippen LogP contribution in [0.4, 0.5) is 0 Å². The van der Waals surface area contributed by atoms with Crippen LogP contribution in [0.1, 0.15) is 22.3 Å². The average Bonchev–Trinajstić information content (AvgIpc) is 3.37. The second-order valence-electron chi connectivity index (χ2n) is 8.89. The minimum Gasteiger partial charge on any atom is -0.344 e. The summed E-state index contributed by atoms with van der Waals surface area (Å²) in [6.45, 7) is 0. The van der Waals surface area contributed by atoms with Crippen LogP contribution >= 0.6 is 0 Å². The first-order chi connectivity index (χ1) is 17.1. The van der Waals surface area contributed by atoms with E-state index in [2.05, 4.69) is 24.3 Å². The monoisotopic (exact) mass is 448 g/mol. The fourth-order valence-corrected chi connectivity index (χ4v) is 6.16. The smallest absolute Gasteiger partial charge is 0.215 e. The van der Waals surface area contributed by atoms with Crippen LogP contribution in [0.5, 0.6) is 0 Å². The van der Waals surface area contributed by atoms with Crippen molar-refractivity contribution in [2.24, 2.45) is 10.8 Å². The maximum atomic E-state index is 10.7. The van der Waals surface area contributed by atoms with Crippen LogP contribution in [0.3, 0.4) is 0 Å². The minimum atomic E-state index is -2.16. The van der Waals surface area contributed by atoms with Crippen molar-refractivity contribution >= 4 is 10.8 Å². The zero-order valence-electron chi connectivity index (χ0n) is 18.4. The highest BCUT2D eigenvalue weighted by atomic mass is 16.5. The van der Waals surface area contributed by atoms with Gasteiger partial charge in [-0.1, -0.05) is 84.9 Å². The van der Waals surface area contributed by atoms with E-state index in [-0.39, 0.29) is 0 Å². The van der Waals surface area contributed by atoms with Crippen molar-refractivity contribution in [3.8, 4) is 24.3 Å². The number of nitriles is 4. The molecule has 6 rings (SSSR count). The predicted octanol–water partition coefficient (Wildman–Crippen LogP) is 5.44. The van der Waals surface area contributed by atoms with Gasteiger partial charge in [-0.2, -0.15) is 21.0 Å². The summed E-state index contributed by atoms with van der Waals surface area (Å²) in [5.74, 6) is 0. The standard InChI is InChI=1S/C30H16N4O/c31-17-27(18-32)28(19-33,20-34)30(24-13-5-2-6-14-24)26-16-22-10-8-7-9-21(22)15-25(26)29(27,35-30)23-11-3-1-4-12-23/h1-16H/t29-,30-/m1/s1. The molecule has 0 unspecified atom stereocenters. The molecule has 2 aliphatic rings. The van der Waals surface area contributed by atoms with Gasteiger partial charge in [0.05, 0.1) is 24.3 Å². The number of hydrogen-bond acceptors (Lipinski definition) is 5. The summed E-state index contributed by atoms with van der Waals surface area (Å²) in [6, 6.07) is 38.2. The van der Waals surface area contributed by atoms with E-state index in [9.17, 15) is 21.0 Å². The van der Waals surface area contributed by atoms with Crippen LogP contribution in [0, 0.1) is 56.2 Å². The van der Waals surface area contributed by atoms with E-state index in [0.29, 0.717) is 22.3 Å². The molecule has 2 heterocycles. The molecule has 1 fully saturated rings. The maximum absolute atomic E-state index is 10.7. The maximum Gasteiger partial charge on any atom is 0.215 e. The van der Waals surface area contributed by atoms with Gasteiger partial charge >= 0.3 is 0 Å². The molecule has 0 N–H and O–H groups in total. The van der Waals surface area contributed by atoms with E-state index in [1.54, 1.807) is 48.5 Å². The molecule has 5 heteroatoms. The average molecular weight is 448 g/mol. The lowest BCUT2D eigenvalue weighted by molar-refractivity contribution is -0.0607. The van der Waals surface area contributed by atoms with Crippen molar-refractivity contribution in [3.05, 3.63) is 119 Å². The Balaban J connectivity index is 1.92. The highest BCUT2D eigenvalue weighted by molar-refractivity contribution is 5.87. The van der Waals surface area contributed by atoms with Gasteiger partial charge in [-0.05, 0) is 45.2 Å². The lowest BCUT2D eigenvalue weighted by atomic mass is 9.46. The number of hydrogen-bond donors (Lipinski definition) is 0. The highest BCUT2D eigenvalue weighted by Crippen LogP contribution is 2.78. The van der Waals surface area contributed by atoms with Crippen LogP contribution < -0.4 is 0 Å². The van der Waals surface area contributed by atoms with Crippen LogP contribution in [-0.4, -0.2) is 0 Å². The normalized spacial score (nSPS) is 24.5. The molecule has 0 radical (unpaired) electrons. The first kappa shape index (κ1) is 20.7. The molecular formula is C30H16N4O. The summed E-state index contributed by atoms with van der Waals surface area (Å²) in [4.78, 5) is 0. The topological polar surface area (TPSA) is 104 Å². The van der Waals surface area contributed by atoms with Crippen molar-refractivity contribution in [1.82, 2.24) is 0 Å². The molecule has 2 bridgehead atoms. The highest BCUT2D eigenvalue weighted by Gasteiger charge is 2.88. The fraction of sp³-hybridized carbons (Fsp3) is 0.133. The molecular weight excluding hydrogens is 432 g/mol. The summed E-state index contributed by atoms with van der Waals surface area (Å²) in [5.41, 5.74) is -5.32. The molecule has 4 aromatic carbocycles. The molecule has 0 spiro atoms. The van der Waals surface area contributed by atoms with E-state index in [1.807, 2.05) is 48.5 Å². The van der Waals surface area contributed by atoms with E-state index in [1.165, 1.54) is 0 Å². The summed E-state index contributed by atoms with van der Waals surface area (Å²) in [5, 5.41) is 44.6. The second-order valence-corrected chi connectivity index (χ2v) is 8.89. The van der Waals surface area contributed by atoms with Gasteiger partial charge in [0.25, 0.3) is 0 Å². The molecule has 0 aromatic heterocycles. The summed E-state index contributed by atoms with van der Waals surface area (Å²) < 4.78 is 6.97. The van der Waals surface area contributed by atoms with E-state index >= 15 is 0 Å². The Morgan fingerprint density at radius 2 is 0.829 bits per heavy atom. The Labute approximate surface area is 202 Å². The number of benzene rings is 4. The Morgan fingerprint density at radius 1 is 0.486 bits per heavy atom. The zero-order valence-corrected chi connectivity index (χ0v) is 18.4. The Bertz CT molecular complexity index is 1530. The lowest BCUT2D eigenvalue weighted by Crippen LogP contribution is -2.55. The molecule has 0 amide bonds. The molecule has 5 nitrogen and oxygen atoms in total. The number of fused-ring (bicyclic) bond motifs is 6. The van der Waals surface area contributed by atoms with E-state index < -0.39 is 22.0 Å².